The lowest BCUT2D eigenvalue weighted by atomic mass is 10.2. The lowest BCUT2D eigenvalue weighted by molar-refractivity contribution is 0.391. The van der Waals surface area contributed by atoms with Crippen LogP contribution in [0.5, 0.6) is 0 Å². The first kappa shape index (κ1) is 16.7. The highest BCUT2D eigenvalue weighted by atomic mass is 32.2. The third kappa shape index (κ3) is 4.06. The molecule has 2 aromatic heterocycles. The molecule has 0 saturated carbocycles. The number of nitrogens with zero attached hydrogens (tertiary/aromatic N) is 4. The number of rotatable bonds is 6. The molecule has 2 aromatic carbocycles. The first-order chi connectivity index (χ1) is 12.8. The number of para-hydroxylation sites is 1. The van der Waals surface area contributed by atoms with E-state index in [9.17, 15) is 4.39 Å². The van der Waals surface area contributed by atoms with E-state index in [1.165, 1.54) is 35.2 Å². The van der Waals surface area contributed by atoms with Crippen LogP contribution in [0, 0.1) is 5.82 Å². The fraction of sp³-hybridized carbons (Fsp3) is 0.0588. The molecule has 9 heteroatoms. The summed E-state index contributed by atoms with van der Waals surface area (Å²) >= 11 is 2.91. The molecule has 0 amide bonds. The summed E-state index contributed by atoms with van der Waals surface area (Å²) in [5, 5.41) is 16.1. The number of hydrogen-bond acceptors (Lipinski definition) is 8. The van der Waals surface area contributed by atoms with Crippen LogP contribution in [0.3, 0.4) is 0 Å². The molecule has 0 atom stereocenters. The van der Waals surface area contributed by atoms with Crippen molar-refractivity contribution in [3.05, 3.63) is 66.3 Å². The third-order valence-electron chi connectivity index (χ3n) is 3.32. The first-order valence-electron chi connectivity index (χ1n) is 7.63. The molecular formula is C17H12FN5OS2. The van der Waals surface area contributed by atoms with Gasteiger partial charge in [0.2, 0.25) is 16.8 Å². The maximum Gasteiger partial charge on any atom is 0.237 e. The summed E-state index contributed by atoms with van der Waals surface area (Å²) in [7, 11) is 0. The Labute approximate surface area is 156 Å². The zero-order valence-corrected chi connectivity index (χ0v) is 14.9. The number of hydrogen-bond donors (Lipinski definition) is 1. The highest BCUT2D eigenvalue weighted by Gasteiger charge is 2.11. The van der Waals surface area contributed by atoms with Crippen LogP contribution in [0.1, 0.15) is 5.89 Å². The minimum atomic E-state index is -0.302. The van der Waals surface area contributed by atoms with Crippen LogP contribution in [0.2, 0.25) is 0 Å². The molecule has 130 valence electrons. The molecule has 0 fully saturated rings. The average molecular weight is 385 g/mol. The van der Waals surface area contributed by atoms with E-state index in [1.807, 2.05) is 30.3 Å². The fourth-order valence-corrected chi connectivity index (χ4v) is 3.73. The Bertz CT molecular complexity index is 988. The van der Waals surface area contributed by atoms with E-state index >= 15 is 0 Å². The molecule has 0 aliphatic heterocycles. The minimum Gasteiger partial charge on any atom is -0.338 e. The van der Waals surface area contributed by atoms with Crippen molar-refractivity contribution in [2.75, 3.05) is 5.32 Å². The van der Waals surface area contributed by atoms with Gasteiger partial charge >= 0.3 is 0 Å². The smallest absolute Gasteiger partial charge is 0.237 e. The molecule has 0 unspecified atom stereocenters. The van der Waals surface area contributed by atoms with Crippen LogP contribution in [0.15, 0.2) is 63.5 Å². The van der Waals surface area contributed by atoms with Crippen molar-refractivity contribution in [1.29, 1.82) is 0 Å². The normalized spacial score (nSPS) is 10.8. The zero-order valence-electron chi connectivity index (χ0n) is 13.3. The second-order valence-corrected chi connectivity index (χ2v) is 7.37. The average Bonchev–Trinajstić information content (AvgIpc) is 3.31. The monoisotopic (exact) mass is 385 g/mol. The fourth-order valence-electron chi connectivity index (χ4n) is 2.12. The summed E-state index contributed by atoms with van der Waals surface area (Å²) < 4.78 is 19.0. The first-order valence-corrected chi connectivity index (χ1v) is 9.43. The van der Waals surface area contributed by atoms with Crippen LogP contribution < -0.4 is 5.32 Å². The number of anilines is 2. The summed E-state index contributed by atoms with van der Waals surface area (Å²) in [5.74, 6) is 1.09. The van der Waals surface area contributed by atoms with Crippen molar-refractivity contribution in [1.82, 2.24) is 20.3 Å². The lowest BCUT2D eigenvalue weighted by Gasteiger charge is -1.99. The predicted octanol–water partition coefficient (Wildman–Crippen LogP) is 4.76. The van der Waals surface area contributed by atoms with E-state index in [2.05, 4.69) is 25.7 Å². The van der Waals surface area contributed by atoms with Crippen LogP contribution in [-0.4, -0.2) is 20.3 Å². The second kappa shape index (κ2) is 7.63. The van der Waals surface area contributed by atoms with E-state index in [0.29, 0.717) is 23.0 Å². The van der Waals surface area contributed by atoms with Gasteiger partial charge in [-0.2, -0.15) is 4.98 Å². The topological polar surface area (TPSA) is 76.7 Å². The molecule has 26 heavy (non-hydrogen) atoms. The molecule has 0 aliphatic carbocycles. The van der Waals surface area contributed by atoms with Crippen molar-refractivity contribution in [2.45, 2.75) is 10.1 Å². The van der Waals surface area contributed by atoms with Gasteiger partial charge in [-0.3, -0.25) is 0 Å². The molecule has 0 aliphatic rings. The van der Waals surface area contributed by atoms with Gasteiger partial charge in [-0.15, -0.1) is 10.2 Å². The van der Waals surface area contributed by atoms with Gasteiger partial charge < -0.3 is 9.84 Å². The van der Waals surface area contributed by atoms with Crippen molar-refractivity contribution in [3.8, 4) is 11.4 Å². The van der Waals surface area contributed by atoms with Crippen LogP contribution in [0.25, 0.3) is 11.4 Å². The molecular weight excluding hydrogens is 373 g/mol. The number of thioether (sulfide) groups is 1. The van der Waals surface area contributed by atoms with E-state index in [-0.39, 0.29) is 5.82 Å². The van der Waals surface area contributed by atoms with E-state index < -0.39 is 0 Å². The van der Waals surface area contributed by atoms with Gasteiger partial charge in [-0.05, 0) is 36.4 Å². The summed E-state index contributed by atoms with van der Waals surface area (Å²) in [6.45, 7) is 0. The quantitative estimate of drug-likeness (QED) is 0.479. The standard InChI is InChI=1S/C17H12FN5OS2/c18-12-8-6-11(7-9-12)15-20-14(24-23-15)10-25-17-22-21-16(26-17)19-13-4-2-1-3-5-13/h1-9H,10H2,(H,19,21). The van der Waals surface area contributed by atoms with Gasteiger partial charge in [-0.1, -0.05) is 46.5 Å². The Kier molecular flexibility index (Phi) is 4.89. The maximum atomic E-state index is 13.0. The van der Waals surface area contributed by atoms with Crippen molar-refractivity contribution < 1.29 is 8.91 Å². The van der Waals surface area contributed by atoms with Gasteiger partial charge in [0.25, 0.3) is 0 Å². The van der Waals surface area contributed by atoms with E-state index in [1.54, 1.807) is 12.1 Å². The Balaban J connectivity index is 1.37. The molecule has 4 rings (SSSR count). The van der Waals surface area contributed by atoms with E-state index in [0.717, 1.165) is 15.2 Å². The molecule has 0 radical (unpaired) electrons. The molecule has 6 nitrogen and oxygen atoms in total. The maximum absolute atomic E-state index is 13.0. The van der Waals surface area contributed by atoms with E-state index in [4.69, 9.17) is 4.52 Å². The Morgan fingerprint density at radius 2 is 1.85 bits per heavy atom. The zero-order chi connectivity index (χ0) is 17.8. The molecule has 1 N–H and O–H groups in total. The molecule has 0 saturated heterocycles. The van der Waals surface area contributed by atoms with Gasteiger partial charge in [0, 0.05) is 11.3 Å². The predicted molar refractivity (Wildman–Crippen MR) is 98.9 cm³/mol. The van der Waals surface area contributed by atoms with Crippen LogP contribution in [0.4, 0.5) is 15.2 Å². The van der Waals surface area contributed by atoms with Gasteiger partial charge in [0.05, 0.1) is 5.75 Å². The Morgan fingerprint density at radius 1 is 1.04 bits per heavy atom. The molecule has 4 aromatic rings. The van der Waals surface area contributed by atoms with Crippen molar-refractivity contribution in [2.24, 2.45) is 0 Å². The number of halogens is 1. The molecule has 2 heterocycles. The Morgan fingerprint density at radius 3 is 2.65 bits per heavy atom. The Hall–Kier alpha value is -2.78. The van der Waals surface area contributed by atoms with Gasteiger partial charge in [0.1, 0.15) is 5.82 Å². The highest BCUT2D eigenvalue weighted by Crippen LogP contribution is 2.30. The van der Waals surface area contributed by atoms with Gasteiger partial charge in [-0.25, -0.2) is 4.39 Å². The molecule has 0 spiro atoms. The van der Waals surface area contributed by atoms with Gasteiger partial charge in [0.15, 0.2) is 4.34 Å². The summed E-state index contributed by atoms with van der Waals surface area (Å²) in [6, 6.07) is 15.7. The summed E-state index contributed by atoms with van der Waals surface area (Å²) in [6.07, 6.45) is 0. The SMILES string of the molecule is Fc1ccc(-c2noc(CSc3nnc(Nc4ccccc4)s3)n2)cc1. The lowest BCUT2D eigenvalue weighted by Crippen LogP contribution is -1.87. The number of benzene rings is 2. The summed E-state index contributed by atoms with van der Waals surface area (Å²) in [4.78, 5) is 4.32. The molecule has 0 bridgehead atoms. The number of nitrogens with one attached hydrogen (secondary N) is 1. The minimum absolute atomic E-state index is 0.302. The van der Waals surface area contributed by atoms with Crippen molar-refractivity contribution >= 4 is 33.9 Å². The highest BCUT2D eigenvalue weighted by molar-refractivity contribution is 8.00. The number of aromatic nitrogens is 4. The largest absolute Gasteiger partial charge is 0.338 e. The summed E-state index contributed by atoms with van der Waals surface area (Å²) in [5.41, 5.74) is 1.66. The van der Waals surface area contributed by atoms with Crippen LogP contribution in [-0.2, 0) is 5.75 Å². The van der Waals surface area contributed by atoms with Crippen LogP contribution >= 0.6 is 23.1 Å². The van der Waals surface area contributed by atoms with Crippen molar-refractivity contribution in [3.63, 3.8) is 0 Å². The third-order valence-corrected chi connectivity index (χ3v) is 5.28. The second-order valence-electron chi connectivity index (χ2n) is 5.17.